The average Bonchev–Trinajstić information content (AvgIpc) is 2.28. The summed E-state index contributed by atoms with van der Waals surface area (Å²) in [5.41, 5.74) is 0. The Morgan fingerprint density at radius 3 is 2.75 bits per heavy atom. The first-order valence-electron chi connectivity index (χ1n) is 5.21. The van der Waals surface area contributed by atoms with E-state index in [0.717, 1.165) is 17.9 Å². The van der Waals surface area contributed by atoms with E-state index in [0.29, 0.717) is 13.0 Å². The number of hydrogen-bond acceptors (Lipinski definition) is 3. The van der Waals surface area contributed by atoms with Gasteiger partial charge in [-0.15, -0.1) is 0 Å². The third kappa shape index (κ3) is 4.68. The minimum atomic E-state index is -0.763. The van der Waals surface area contributed by atoms with Crippen LogP contribution in [0, 0.1) is 0 Å². The summed E-state index contributed by atoms with van der Waals surface area (Å²) in [4.78, 5) is 10.3. The van der Waals surface area contributed by atoms with Crippen LogP contribution in [0.25, 0.3) is 0 Å². The lowest BCUT2D eigenvalue weighted by Gasteiger charge is -2.06. The third-order valence-corrected chi connectivity index (χ3v) is 2.09. The van der Waals surface area contributed by atoms with Crippen LogP contribution in [0.3, 0.4) is 0 Å². The van der Waals surface area contributed by atoms with Crippen LogP contribution in [0.2, 0.25) is 0 Å². The van der Waals surface area contributed by atoms with E-state index in [4.69, 9.17) is 14.6 Å². The monoisotopic (exact) mass is 224 g/mol. The molecule has 16 heavy (non-hydrogen) atoms. The molecule has 0 bridgehead atoms. The number of benzene rings is 1. The van der Waals surface area contributed by atoms with E-state index in [2.05, 4.69) is 0 Å². The van der Waals surface area contributed by atoms with Crippen molar-refractivity contribution >= 4 is 5.97 Å². The van der Waals surface area contributed by atoms with Gasteiger partial charge in [0.05, 0.1) is 13.7 Å². The lowest BCUT2D eigenvalue weighted by atomic mass is 10.2. The van der Waals surface area contributed by atoms with Crippen LogP contribution in [0.15, 0.2) is 24.3 Å². The molecule has 0 saturated carbocycles. The third-order valence-electron chi connectivity index (χ3n) is 2.09. The molecule has 88 valence electrons. The lowest BCUT2D eigenvalue weighted by molar-refractivity contribution is -0.137. The fraction of sp³-hybridized carbons (Fsp3) is 0.417. The quantitative estimate of drug-likeness (QED) is 0.722. The topological polar surface area (TPSA) is 55.8 Å². The van der Waals surface area contributed by atoms with Gasteiger partial charge in [0, 0.05) is 12.5 Å². The molecule has 0 radical (unpaired) electrons. The van der Waals surface area contributed by atoms with Gasteiger partial charge in [-0.3, -0.25) is 4.79 Å². The molecule has 0 aliphatic rings. The van der Waals surface area contributed by atoms with Gasteiger partial charge in [0.2, 0.25) is 0 Å². The van der Waals surface area contributed by atoms with E-state index in [1.54, 1.807) is 13.2 Å². The summed E-state index contributed by atoms with van der Waals surface area (Å²) in [5, 5.41) is 8.44. The molecular weight excluding hydrogens is 208 g/mol. The van der Waals surface area contributed by atoms with Crippen molar-refractivity contribution in [2.24, 2.45) is 0 Å². The Morgan fingerprint density at radius 1 is 1.31 bits per heavy atom. The predicted molar refractivity (Wildman–Crippen MR) is 60.0 cm³/mol. The van der Waals surface area contributed by atoms with Crippen LogP contribution < -0.4 is 9.47 Å². The molecule has 1 N–H and O–H groups in total. The molecule has 4 nitrogen and oxygen atoms in total. The number of carboxylic acid groups (broad SMARTS) is 1. The Bertz CT molecular complexity index is 336. The van der Waals surface area contributed by atoms with Crippen molar-refractivity contribution in [1.82, 2.24) is 0 Å². The van der Waals surface area contributed by atoms with Gasteiger partial charge in [0.25, 0.3) is 0 Å². The van der Waals surface area contributed by atoms with Crippen molar-refractivity contribution in [1.29, 1.82) is 0 Å². The van der Waals surface area contributed by atoms with Gasteiger partial charge >= 0.3 is 5.97 Å². The van der Waals surface area contributed by atoms with Gasteiger partial charge in [-0.25, -0.2) is 0 Å². The second-order valence-corrected chi connectivity index (χ2v) is 3.38. The van der Waals surface area contributed by atoms with E-state index >= 15 is 0 Å². The molecule has 0 aliphatic heterocycles. The number of ether oxygens (including phenoxy) is 2. The summed E-state index contributed by atoms with van der Waals surface area (Å²) in [5.74, 6) is 0.735. The Hall–Kier alpha value is -1.71. The Kier molecular flexibility index (Phi) is 5.19. The summed E-state index contributed by atoms with van der Waals surface area (Å²) in [7, 11) is 1.60. The normalized spacial score (nSPS) is 9.81. The minimum Gasteiger partial charge on any atom is -0.497 e. The van der Waals surface area contributed by atoms with Gasteiger partial charge in [-0.05, 0) is 25.0 Å². The van der Waals surface area contributed by atoms with Crippen molar-refractivity contribution in [3.05, 3.63) is 24.3 Å². The van der Waals surface area contributed by atoms with Gasteiger partial charge in [-0.1, -0.05) is 6.07 Å². The van der Waals surface area contributed by atoms with E-state index < -0.39 is 5.97 Å². The number of methoxy groups -OCH3 is 1. The largest absolute Gasteiger partial charge is 0.497 e. The molecule has 0 heterocycles. The fourth-order valence-electron chi connectivity index (χ4n) is 1.26. The summed E-state index contributed by atoms with van der Waals surface area (Å²) < 4.78 is 10.5. The number of rotatable bonds is 7. The number of unbranched alkanes of at least 4 members (excludes halogenated alkanes) is 1. The van der Waals surface area contributed by atoms with Gasteiger partial charge in [0.15, 0.2) is 0 Å². The SMILES string of the molecule is COc1cccc(OCCCCC(=O)O)c1. The zero-order valence-corrected chi connectivity index (χ0v) is 9.31. The van der Waals surface area contributed by atoms with Crippen LogP contribution in [-0.4, -0.2) is 24.8 Å². The highest BCUT2D eigenvalue weighted by atomic mass is 16.5. The van der Waals surface area contributed by atoms with E-state index in [1.807, 2.05) is 18.2 Å². The van der Waals surface area contributed by atoms with E-state index in [9.17, 15) is 4.79 Å². The zero-order valence-electron chi connectivity index (χ0n) is 9.31. The summed E-state index contributed by atoms with van der Waals surface area (Å²) >= 11 is 0. The van der Waals surface area contributed by atoms with Crippen molar-refractivity contribution in [2.75, 3.05) is 13.7 Å². The van der Waals surface area contributed by atoms with Crippen LogP contribution in [0.1, 0.15) is 19.3 Å². The molecule has 0 fully saturated rings. The molecule has 1 aromatic rings. The zero-order chi connectivity index (χ0) is 11.8. The van der Waals surface area contributed by atoms with Gasteiger partial charge in [-0.2, -0.15) is 0 Å². The van der Waals surface area contributed by atoms with Crippen LogP contribution in [0.5, 0.6) is 11.5 Å². The maximum atomic E-state index is 10.3. The molecule has 1 aromatic carbocycles. The highest BCUT2D eigenvalue weighted by Gasteiger charge is 1.98. The number of hydrogen-bond donors (Lipinski definition) is 1. The molecular formula is C12H16O4. The van der Waals surface area contributed by atoms with Gasteiger partial charge in [0.1, 0.15) is 11.5 Å². The molecule has 0 aromatic heterocycles. The van der Waals surface area contributed by atoms with Crippen molar-refractivity contribution in [3.63, 3.8) is 0 Å². The van der Waals surface area contributed by atoms with Crippen molar-refractivity contribution < 1.29 is 19.4 Å². The number of carbonyl (C=O) groups is 1. The Labute approximate surface area is 94.8 Å². The van der Waals surface area contributed by atoms with Crippen molar-refractivity contribution in [2.45, 2.75) is 19.3 Å². The summed E-state index contributed by atoms with van der Waals surface area (Å²) in [6.45, 7) is 0.528. The van der Waals surface area contributed by atoms with Crippen LogP contribution in [-0.2, 0) is 4.79 Å². The highest BCUT2D eigenvalue weighted by Crippen LogP contribution is 2.18. The Morgan fingerprint density at radius 2 is 2.06 bits per heavy atom. The van der Waals surface area contributed by atoms with Crippen LogP contribution >= 0.6 is 0 Å². The predicted octanol–water partition coefficient (Wildman–Crippen LogP) is 2.33. The molecule has 4 heteroatoms. The first-order chi connectivity index (χ1) is 7.72. The molecule has 0 unspecified atom stereocenters. The summed E-state index contributed by atoms with van der Waals surface area (Å²) in [6.07, 6.45) is 1.57. The first-order valence-corrected chi connectivity index (χ1v) is 5.21. The molecule has 1 rings (SSSR count). The number of aliphatic carboxylic acids is 1. The molecule has 0 spiro atoms. The van der Waals surface area contributed by atoms with E-state index in [-0.39, 0.29) is 6.42 Å². The fourth-order valence-corrected chi connectivity index (χ4v) is 1.26. The van der Waals surface area contributed by atoms with Crippen LogP contribution in [0.4, 0.5) is 0 Å². The molecule has 0 aliphatic carbocycles. The lowest BCUT2D eigenvalue weighted by Crippen LogP contribution is -2.00. The average molecular weight is 224 g/mol. The second-order valence-electron chi connectivity index (χ2n) is 3.38. The number of carboxylic acids is 1. The standard InChI is InChI=1S/C12H16O4/c1-15-10-5-4-6-11(9-10)16-8-3-2-7-12(13)14/h4-6,9H,2-3,7-8H2,1H3,(H,13,14). The highest BCUT2D eigenvalue weighted by molar-refractivity contribution is 5.66. The molecule has 0 saturated heterocycles. The first kappa shape index (κ1) is 12.4. The van der Waals surface area contributed by atoms with E-state index in [1.165, 1.54) is 0 Å². The molecule has 0 atom stereocenters. The Balaban J connectivity index is 2.23. The smallest absolute Gasteiger partial charge is 0.303 e. The maximum absolute atomic E-state index is 10.3. The minimum absolute atomic E-state index is 0.196. The van der Waals surface area contributed by atoms with Gasteiger partial charge < -0.3 is 14.6 Å². The molecule has 0 amide bonds. The maximum Gasteiger partial charge on any atom is 0.303 e. The van der Waals surface area contributed by atoms with Crippen molar-refractivity contribution in [3.8, 4) is 11.5 Å². The second kappa shape index (κ2) is 6.71. The summed E-state index contributed by atoms with van der Waals surface area (Å²) in [6, 6.07) is 7.35.